The molecular weight excluding hydrogens is 1020 g/mol. The summed E-state index contributed by atoms with van der Waals surface area (Å²) in [5.41, 5.74) is 25.4. The zero-order chi connectivity index (χ0) is 60.5. The largest absolute Gasteiger partial charge is 0.311 e. The molecular formula is C79H60BClN2. The minimum Gasteiger partial charge on any atom is -0.311 e. The molecule has 15 rings (SSSR count). The van der Waals surface area contributed by atoms with Gasteiger partial charge in [0.05, 0.1) is 12.5 Å². The van der Waals surface area contributed by atoms with Gasteiger partial charge in [-0.3, -0.25) is 0 Å². The Bertz CT molecular complexity index is 4680. The number of anilines is 6. The van der Waals surface area contributed by atoms with Crippen molar-refractivity contribution in [2.75, 3.05) is 9.80 Å². The zero-order valence-electron chi connectivity index (χ0n) is 51.9. The summed E-state index contributed by atoms with van der Waals surface area (Å²) in [6.45, 7) is 11.1. The van der Waals surface area contributed by atoms with E-state index in [2.05, 4.69) is 275 Å². The lowest BCUT2D eigenvalue weighted by Crippen LogP contribution is -2.61. The van der Waals surface area contributed by atoms with Gasteiger partial charge < -0.3 is 9.80 Å². The van der Waals surface area contributed by atoms with Crippen LogP contribution in [0.2, 0.25) is 5.02 Å². The normalized spacial score (nSPS) is 14.3. The highest BCUT2D eigenvalue weighted by atomic mass is 35.5. The molecule has 83 heavy (non-hydrogen) atoms. The SMILES string of the molecule is [2H]c1c([2H])c([2H])c(-c2ccc3c(c2)N(c2c(-c4ccccc4)cc(C(C)(C)C)cc2-c2ccccc2)c2cc(-c4cccc5c4-c4ccccc4C5(C)C)cc4c2B3c2ccc(Cl)cc2N4c2cc(-c3ccccc3)cc(-c3ccccc3)c2)c([2H])c1[2H]. The smallest absolute Gasteiger partial charge is 0.252 e. The second-order valence-corrected chi connectivity index (χ2v) is 24.2. The van der Waals surface area contributed by atoms with Gasteiger partial charge in [0, 0.05) is 50.0 Å². The molecule has 0 saturated carbocycles. The first-order valence-corrected chi connectivity index (χ1v) is 29.0. The third-order valence-corrected chi connectivity index (χ3v) is 17.7. The monoisotopic (exact) mass is 1090 g/mol. The van der Waals surface area contributed by atoms with E-state index in [4.69, 9.17) is 15.7 Å². The van der Waals surface area contributed by atoms with E-state index in [-0.39, 0.29) is 47.3 Å². The zero-order valence-corrected chi connectivity index (χ0v) is 47.7. The molecule has 0 amide bonds. The van der Waals surface area contributed by atoms with Crippen LogP contribution < -0.4 is 26.2 Å². The molecule has 0 N–H and O–H groups in total. The Labute approximate surface area is 500 Å². The number of fused-ring (bicyclic) bond motifs is 7. The summed E-state index contributed by atoms with van der Waals surface area (Å²) in [5, 5.41) is 0.596. The summed E-state index contributed by atoms with van der Waals surface area (Å²) in [7, 11) is 0. The van der Waals surface area contributed by atoms with Crippen LogP contribution in [0.25, 0.3) is 77.9 Å². The van der Waals surface area contributed by atoms with Gasteiger partial charge in [-0.1, -0.05) is 258 Å². The molecule has 0 saturated heterocycles. The number of rotatable bonds is 8. The molecule has 12 aromatic rings. The first kappa shape index (κ1) is 45.2. The standard InChI is InChI=1S/C79H60BClN2/c1-78(2,3)60-48-65(54-30-17-9-18-31-54)77(66(49-60)55-32-19-10-20-33-55)83-71-45-56(51-24-11-6-12-25-51)38-40-69(71)80-70-41-39-61(81)50-72(70)82(62-43-57(52-26-13-7-14-27-52)42-58(44-62)53-28-15-8-16-29-53)73-46-59(47-74(83)76(73)80)63-35-23-37-68-75(63)64-34-21-22-36-67(64)79(68,4)5/h6-50H,1-5H3/i6D,11D,12D,24D,25D. The van der Waals surface area contributed by atoms with Crippen LogP contribution in [0.15, 0.2) is 273 Å². The summed E-state index contributed by atoms with van der Waals surface area (Å²) < 4.78 is 45.5. The maximum absolute atomic E-state index is 9.45. The van der Waals surface area contributed by atoms with Gasteiger partial charge in [-0.15, -0.1) is 0 Å². The lowest BCUT2D eigenvalue weighted by atomic mass is 9.33. The lowest BCUT2D eigenvalue weighted by molar-refractivity contribution is 0.591. The Morgan fingerprint density at radius 3 is 1.51 bits per heavy atom. The molecule has 2 aliphatic heterocycles. The summed E-state index contributed by atoms with van der Waals surface area (Å²) in [6, 6.07) is 85.4. The molecule has 0 fully saturated rings. The van der Waals surface area contributed by atoms with E-state index in [0.717, 1.165) is 106 Å². The number of hydrogen-bond acceptors (Lipinski definition) is 2. The maximum atomic E-state index is 9.45. The highest BCUT2D eigenvalue weighted by Gasteiger charge is 2.46. The van der Waals surface area contributed by atoms with E-state index in [1.807, 2.05) is 12.1 Å². The quantitative estimate of drug-likeness (QED) is 0.140. The first-order chi connectivity index (χ1) is 42.5. The highest BCUT2D eigenvalue weighted by Crippen LogP contribution is 2.56. The van der Waals surface area contributed by atoms with Crippen LogP contribution in [0.1, 0.15) is 58.2 Å². The molecule has 0 unspecified atom stereocenters. The summed E-state index contributed by atoms with van der Waals surface area (Å²) in [6.07, 6.45) is 0. The van der Waals surface area contributed by atoms with E-state index >= 15 is 0 Å². The van der Waals surface area contributed by atoms with Crippen molar-refractivity contribution in [1.82, 2.24) is 0 Å². The van der Waals surface area contributed by atoms with Crippen LogP contribution >= 0.6 is 11.6 Å². The van der Waals surface area contributed by atoms with Crippen molar-refractivity contribution in [2.24, 2.45) is 0 Å². The molecule has 2 heterocycles. The van der Waals surface area contributed by atoms with Crippen LogP contribution in [-0.2, 0) is 10.8 Å². The van der Waals surface area contributed by atoms with Crippen LogP contribution in [0.4, 0.5) is 34.1 Å². The van der Waals surface area contributed by atoms with Gasteiger partial charge in [-0.2, -0.15) is 0 Å². The van der Waals surface area contributed by atoms with Crippen LogP contribution in [-0.4, -0.2) is 6.71 Å². The minimum atomic E-state index is -0.433. The minimum absolute atomic E-state index is 0.138. The van der Waals surface area contributed by atoms with Crippen molar-refractivity contribution < 1.29 is 6.85 Å². The summed E-state index contributed by atoms with van der Waals surface area (Å²) >= 11 is 7.35. The van der Waals surface area contributed by atoms with Crippen molar-refractivity contribution in [2.45, 2.75) is 45.4 Å². The molecule has 396 valence electrons. The van der Waals surface area contributed by atoms with Gasteiger partial charge in [-0.05, 0) is 166 Å². The Morgan fingerprint density at radius 1 is 0.398 bits per heavy atom. The molecule has 12 aromatic carbocycles. The fourth-order valence-corrected chi connectivity index (χ4v) is 13.7. The predicted molar refractivity (Wildman–Crippen MR) is 354 cm³/mol. The van der Waals surface area contributed by atoms with Gasteiger partial charge >= 0.3 is 0 Å². The van der Waals surface area contributed by atoms with Crippen LogP contribution in [0.3, 0.4) is 0 Å². The van der Waals surface area contributed by atoms with E-state index in [9.17, 15) is 2.74 Å². The predicted octanol–water partition coefficient (Wildman–Crippen LogP) is 20.0. The Balaban J connectivity index is 1.14. The molecule has 3 aliphatic rings. The fraction of sp³-hybridized carbons (Fsp3) is 0.0886. The molecule has 4 heteroatoms. The number of halogens is 1. The Kier molecular flexibility index (Phi) is 10.7. The third kappa shape index (κ3) is 8.39. The lowest BCUT2D eigenvalue weighted by Gasteiger charge is -2.45. The summed E-state index contributed by atoms with van der Waals surface area (Å²) in [4.78, 5) is 4.91. The van der Waals surface area contributed by atoms with E-state index in [1.54, 1.807) is 0 Å². The van der Waals surface area contributed by atoms with Crippen molar-refractivity contribution in [3.8, 4) is 77.9 Å². The van der Waals surface area contributed by atoms with Crippen LogP contribution in [0, 0.1) is 0 Å². The number of hydrogen-bond donors (Lipinski definition) is 0. The van der Waals surface area contributed by atoms with Gasteiger partial charge in [0.2, 0.25) is 0 Å². The second kappa shape index (κ2) is 19.7. The number of nitrogens with zero attached hydrogens (tertiary/aromatic N) is 2. The van der Waals surface area contributed by atoms with Crippen molar-refractivity contribution >= 4 is 68.8 Å². The van der Waals surface area contributed by atoms with Crippen molar-refractivity contribution in [3.63, 3.8) is 0 Å². The highest BCUT2D eigenvalue weighted by molar-refractivity contribution is 7.00. The fourth-order valence-electron chi connectivity index (χ4n) is 13.5. The van der Waals surface area contributed by atoms with Crippen LogP contribution in [0.5, 0.6) is 0 Å². The molecule has 2 nitrogen and oxygen atoms in total. The van der Waals surface area contributed by atoms with Gasteiger partial charge in [0.1, 0.15) is 0 Å². The van der Waals surface area contributed by atoms with Gasteiger partial charge in [-0.25, -0.2) is 0 Å². The first-order valence-electron chi connectivity index (χ1n) is 31.1. The molecule has 0 aromatic heterocycles. The van der Waals surface area contributed by atoms with E-state index in [0.29, 0.717) is 10.6 Å². The Hall–Kier alpha value is -9.41. The average Bonchev–Trinajstić information content (AvgIpc) is 2.59. The maximum Gasteiger partial charge on any atom is 0.252 e. The van der Waals surface area contributed by atoms with E-state index in [1.165, 1.54) is 27.8 Å². The summed E-state index contributed by atoms with van der Waals surface area (Å²) in [5.74, 6) is 0. The molecule has 0 atom stereocenters. The Morgan fingerprint density at radius 2 is 0.904 bits per heavy atom. The van der Waals surface area contributed by atoms with Gasteiger partial charge in [0.15, 0.2) is 0 Å². The molecule has 1 aliphatic carbocycles. The molecule has 0 radical (unpaired) electrons. The number of benzene rings is 12. The average molecular weight is 1090 g/mol. The second-order valence-electron chi connectivity index (χ2n) is 23.8. The third-order valence-electron chi connectivity index (χ3n) is 17.5. The van der Waals surface area contributed by atoms with Crippen molar-refractivity contribution in [1.29, 1.82) is 0 Å². The van der Waals surface area contributed by atoms with E-state index < -0.39 is 6.04 Å². The molecule has 0 bridgehead atoms. The molecule has 0 spiro atoms. The van der Waals surface area contributed by atoms with Gasteiger partial charge in [0.25, 0.3) is 6.71 Å². The topological polar surface area (TPSA) is 6.48 Å². The van der Waals surface area contributed by atoms with Crippen molar-refractivity contribution in [3.05, 3.63) is 295 Å².